The van der Waals surface area contributed by atoms with Crippen LogP contribution >= 0.6 is 11.3 Å². The zero-order valence-electron chi connectivity index (χ0n) is 10.4. The van der Waals surface area contributed by atoms with Crippen LogP contribution in [0.2, 0.25) is 0 Å². The molecule has 2 aromatic rings. The molecule has 2 rings (SSSR count). The largest absolute Gasteiger partial charge is 0.396 e. The van der Waals surface area contributed by atoms with E-state index in [9.17, 15) is 4.39 Å². The summed E-state index contributed by atoms with van der Waals surface area (Å²) >= 11 is 1.82. The zero-order chi connectivity index (χ0) is 13.0. The molecule has 0 spiro atoms. The van der Waals surface area contributed by atoms with Crippen LogP contribution in [0.4, 0.5) is 10.1 Å². The van der Waals surface area contributed by atoms with E-state index in [-0.39, 0.29) is 11.5 Å². The van der Waals surface area contributed by atoms with Gasteiger partial charge in [-0.3, -0.25) is 0 Å². The fourth-order valence-corrected chi connectivity index (χ4v) is 2.65. The van der Waals surface area contributed by atoms with Gasteiger partial charge in [-0.2, -0.15) is 0 Å². The molecule has 2 nitrogen and oxygen atoms in total. The van der Waals surface area contributed by atoms with E-state index in [4.69, 9.17) is 5.73 Å². The molecule has 0 aliphatic carbocycles. The molecule has 0 amide bonds. The molecule has 96 valence electrons. The Morgan fingerprint density at radius 1 is 1.17 bits per heavy atom. The van der Waals surface area contributed by atoms with Crippen molar-refractivity contribution in [2.24, 2.45) is 0 Å². The van der Waals surface area contributed by atoms with Gasteiger partial charge >= 0.3 is 0 Å². The van der Waals surface area contributed by atoms with Gasteiger partial charge in [0.2, 0.25) is 0 Å². The highest BCUT2D eigenvalue weighted by atomic mass is 32.1. The number of nitrogen functional groups attached to an aromatic ring is 1. The molecule has 0 aliphatic heterocycles. The van der Waals surface area contributed by atoms with E-state index >= 15 is 0 Å². The van der Waals surface area contributed by atoms with Crippen LogP contribution in [0.15, 0.2) is 30.3 Å². The third-order valence-corrected chi connectivity index (χ3v) is 3.99. The molecule has 0 aliphatic rings. The SMILES string of the molecule is CCc1ccc(CNCc2ccc(N)c(F)c2)s1. The molecule has 0 bridgehead atoms. The van der Waals surface area contributed by atoms with Gasteiger partial charge in [0.15, 0.2) is 0 Å². The zero-order valence-corrected chi connectivity index (χ0v) is 11.2. The van der Waals surface area contributed by atoms with Crippen molar-refractivity contribution in [3.05, 3.63) is 51.5 Å². The van der Waals surface area contributed by atoms with Crippen molar-refractivity contribution in [1.82, 2.24) is 5.32 Å². The number of anilines is 1. The van der Waals surface area contributed by atoms with Crippen LogP contribution in [-0.2, 0) is 19.5 Å². The lowest BCUT2D eigenvalue weighted by atomic mass is 10.2. The monoisotopic (exact) mass is 264 g/mol. The fraction of sp³-hybridized carbons (Fsp3) is 0.286. The molecule has 4 heteroatoms. The summed E-state index contributed by atoms with van der Waals surface area (Å²) in [4.78, 5) is 2.70. The molecule has 0 fully saturated rings. The van der Waals surface area contributed by atoms with Crippen molar-refractivity contribution in [3.8, 4) is 0 Å². The Morgan fingerprint density at radius 3 is 2.61 bits per heavy atom. The van der Waals surface area contributed by atoms with Gasteiger partial charge in [-0.25, -0.2) is 4.39 Å². The first kappa shape index (κ1) is 13.1. The number of nitrogens with one attached hydrogen (secondary N) is 1. The summed E-state index contributed by atoms with van der Waals surface area (Å²) in [5.74, 6) is -0.348. The minimum atomic E-state index is -0.348. The molecular weight excluding hydrogens is 247 g/mol. The maximum atomic E-state index is 13.2. The predicted molar refractivity (Wildman–Crippen MR) is 75.1 cm³/mol. The number of nitrogens with two attached hydrogens (primary N) is 1. The third kappa shape index (κ3) is 3.31. The van der Waals surface area contributed by atoms with E-state index in [1.165, 1.54) is 15.8 Å². The van der Waals surface area contributed by atoms with Crippen molar-refractivity contribution in [3.63, 3.8) is 0 Å². The molecule has 1 aromatic carbocycles. The van der Waals surface area contributed by atoms with Crippen molar-refractivity contribution >= 4 is 17.0 Å². The first-order valence-corrected chi connectivity index (χ1v) is 6.83. The van der Waals surface area contributed by atoms with E-state index < -0.39 is 0 Å². The lowest BCUT2D eigenvalue weighted by molar-refractivity contribution is 0.625. The van der Waals surface area contributed by atoms with E-state index in [0.717, 1.165) is 18.5 Å². The minimum Gasteiger partial charge on any atom is -0.396 e. The minimum absolute atomic E-state index is 0.199. The quantitative estimate of drug-likeness (QED) is 0.813. The molecule has 0 unspecified atom stereocenters. The molecule has 18 heavy (non-hydrogen) atoms. The van der Waals surface area contributed by atoms with Crippen LogP contribution in [-0.4, -0.2) is 0 Å². The van der Waals surface area contributed by atoms with Crippen molar-refractivity contribution in [2.45, 2.75) is 26.4 Å². The fourth-order valence-electron chi connectivity index (χ4n) is 1.72. The number of hydrogen-bond acceptors (Lipinski definition) is 3. The lowest BCUT2D eigenvalue weighted by Crippen LogP contribution is -2.12. The normalized spacial score (nSPS) is 10.8. The Kier molecular flexibility index (Phi) is 4.33. The number of aryl methyl sites for hydroxylation is 1. The standard InChI is InChI=1S/C14H17FN2S/c1-2-11-4-5-12(18-11)9-17-8-10-3-6-14(16)13(15)7-10/h3-7,17H,2,8-9,16H2,1H3. The highest BCUT2D eigenvalue weighted by Crippen LogP contribution is 2.17. The second kappa shape index (κ2) is 5.98. The Bertz CT molecular complexity index is 522. The second-order valence-corrected chi connectivity index (χ2v) is 5.43. The van der Waals surface area contributed by atoms with Crippen molar-refractivity contribution in [1.29, 1.82) is 0 Å². The maximum absolute atomic E-state index is 13.2. The van der Waals surface area contributed by atoms with Gasteiger partial charge < -0.3 is 11.1 Å². The topological polar surface area (TPSA) is 38.0 Å². The van der Waals surface area contributed by atoms with Crippen LogP contribution in [0.1, 0.15) is 22.2 Å². The summed E-state index contributed by atoms with van der Waals surface area (Å²) in [5.41, 5.74) is 6.54. The van der Waals surface area contributed by atoms with Crippen LogP contribution in [0.5, 0.6) is 0 Å². The summed E-state index contributed by atoms with van der Waals surface area (Å²) in [6.07, 6.45) is 1.08. The Hall–Kier alpha value is -1.39. The Morgan fingerprint density at radius 2 is 1.94 bits per heavy atom. The molecule has 3 N–H and O–H groups in total. The van der Waals surface area contributed by atoms with Gasteiger partial charge in [0, 0.05) is 22.8 Å². The van der Waals surface area contributed by atoms with E-state index in [0.29, 0.717) is 6.54 Å². The summed E-state index contributed by atoms with van der Waals surface area (Å²) in [7, 11) is 0. The van der Waals surface area contributed by atoms with Crippen LogP contribution in [0.3, 0.4) is 0 Å². The van der Waals surface area contributed by atoms with Crippen molar-refractivity contribution in [2.75, 3.05) is 5.73 Å². The van der Waals surface area contributed by atoms with Crippen LogP contribution in [0.25, 0.3) is 0 Å². The molecule has 1 heterocycles. The third-order valence-electron chi connectivity index (χ3n) is 2.76. The molecular formula is C14H17FN2S. The average molecular weight is 264 g/mol. The molecule has 0 atom stereocenters. The Balaban J connectivity index is 1.86. The van der Waals surface area contributed by atoms with Crippen LogP contribution < -0.4 is 11.1 Å². The maximum Gasteiger partial charge on any atom is 0.146 e. The van der Waals surface area contributed by atoms with Crippen molar-refractivity contribution < 1.29 is 4.39 Å². The van der Waals surface area contributed by atoms with Gasteiger partial charge in [0.1, 0.15) is 5.82 Å². The lowest BCUT2D eigenvalue weighted by Gasteiger charge is -2.04. The second-order valence-electron chi connectivity index (χ2n) is 4.18. The van der Waals surface area contributed by atoms with E-state index in [1.807, 2.05) is 17.4 Å². The van der Waals surface area contributed by atoms with Gasteiger partial charge in [0.25, 0.3) is 0 Å². The van der Waals surface area contributed by atoms with Gasteiger partial charge in [-0.05, 0) is 36.2 Å². The molecule has 0 radical (unpaired) electrons. The summed E-state index contributed by atoms with van der Waals surface area (Å²) < 4.78 is 13.2. The molecule has 1 aromatic heterocycles. The van der Waals surface area contributed by atoms with Gasteiger partial charge in [-0.15, -0.1) is 11.3 Å². The predicted octanol–water partition coefficient (Wildman–Crippen LogP) is 3.32. The highest BCUT2D eigenvalue weighted by molar-refractivity contribution is 7.11. The number of thiophene rings is 1. The van der Waals surface area contributed by atoms with Gasteiger partial charge in [0.05, 0.1) is 5.69 Å². The summed E-state index contributed by atoms with van der Waals surface area (Å²) in [5, 5.41) is 3.31. The molecule has 0 saturated carbocycles. The average Bonchev–Trinajstić information content (AvgIpc) is 2.82. The van der Waals surface area contributed by atoms with Crippen LogP contribution in [0, 0.1) is 5.82 Å². The number of hydrogen-bond donors (Lipinski definition) is 2. The van der Waals surface area contributed by atoms with Gasteiger partial charge in [-0.1, -0.05) is 13.0 Å². The smallest absolute Gasteiger partial charge is 0.146 e. The first-order chi connectivity index (χ1) is 8.69. The Labute approximate surface area is 111 Å². The number of benzene rings is 1. The molecule has 0 saturated heterocycles. The van der Waals surface area contributed by atoms with E-state index in [2.05, 4.69) is 24.4 Å². The summed E-state index contributed by atoms with van der Waals surface area (Å²) in [6.45, 7) is 3.62. The highest BCUT2D eigenvalue weighted by Gasteiger charge is 2.01. The summed E-state index contributed by atoms with van der Waals surface area (Å²) in [6, 6.07) is 9.23. The number of halogens is 1. The van der Waals surface area contributed by atoms with E-state index in [1.54, 1.807) is 6.07 Å². The first-order valence-electron chi connectivity index (χ1n) is 6.01. The number of rotatable bonds is 5.